The van der Waals surface area contributed by atoms with Gasteiger partial charge in [-0.3, -0.25) is 0 Å². The number of halogens is 2. The van der Waals surface area contributed by atoms with Crippen molar-refractivity contribution in [2.45, 2.75) is 52.4 Å². The minimum atomic E-state index is -0.263. The van der Waals surface area contributed by atoms with E-state index < -0.39 is 0 Å². The summed E-state index contributed by atoms with van der Waals surface area (Å²) in [6.07, 6.45) is 6.98. The van der Waals surface area contributed by atoms with Gasteiger partial charge in [0, 0.05) is 10.0 Å². The van der Waals surface area contributed by atoms with Crippen LogP contribution in [0.2, 0.25) is 0 Å². The van der Waals surface area contributed by atoms with Crippen molar-refractivity contribution in [2.75, 3.05) is 0 Å². The van der Waals surface area contributed by atoms with Gasteiger partial charge in [0.15, 0.2) is 0 Å². The molecule has 0 nitrogen and oxygen atoms in total. The predicted octanol–water partition coefficient (Wildman–Crippen LogP) is 6.67. The smallest absolute Gasteiger partial charge is 0.140 e. The molecule has 0 aliphatic carbocycles. The summed E-state index contributed by atoms with van der Waals surface area (Å²) < 4.78 is 14.9. The summed E-state index contributed by atoms with van der Waals surface area (Å²) in [5.74, 6) is 5.84. The lowest BCUT2D eigenvalue weighted by Gasteiger charge is -2.04. The number of benzene rings is 2. The Morgan fingerprint density at radius 2 is 1.71 bits per heavy atom. The molecule has 0 fully saturated rings. The molecule has 0 aliphatic heterocycles. The summed E-state index contributed by atoms with van der Waals surface area (Å²) in [7, 11) is 0. The first-order valence-corrected chi connectivity index (χ1v) is 9.52. The van der Waals surface area contributed by atoms with Gasteiger partial charge in [0.05, 0.1) is 5.56 Å². The van der Waals surface area contributed by atoms with Crippen LogP contribution in [-0.2, 0) is 12.8 Å². The zero-order valence-electron chi connectivity index (χ0n) is 14.5. The van der Waals surface area contributed by atoms with Crippen LogP contribution in [0.3, 0.4) is 0 Å². The molecule has 0 unspecified atom stereocenters. The quantitative estimate of drug-likeness (QED) is 0.383. The van der Waals surface area contributed by atoms with E-state index in [2.05, 4.69) is 46.8 Å². The molecular weight excluding hydrogens is 363 g/mol. The van der Waals surface area contributed by atoms with E-state index in [0.29, 0.717) is 5.56 Å². The molecule has 0 saturated heterocycles. The van der Waals surface area contributed by atoms with Crippen molar-refractivity contribution in [3.63, 3.8) is 0 Å². The molecule has 2 aromatic rings. The third-order valence-corrected chi connectivity index (χ3v) is 4.58. The zero-order chi connectivity index (χ0) is 17.4. The van der Waals surface area contributed by atoms with Crippen LogP contribution in [0.25, 0.3) is 0 Å². The molecule has 0 aromatic heterocycles. The molecule has 0 amide bonds. The van der Waals surface area contributed by atoms with Crippen molar-refractivity contribution in [1.82, 2.24) is 0 Å². The third-order valence-electron chi connectivity index (χ3n) is 4.12. The lowest BCUT2D eigenvalue weighted by molar-refractivity contribution is 0.621. The van der Waals surface area contributed by atoms with E-state index in [4.69, 9.17) is 0 Å². The molecule has 0 heterocycles. The van der Waals surface area contributed by atoms with Crippen LogP contribution in [0, 0.1) is 17.7 Å². The first-order valence-electron chi connectivity index (χ1n) is 8.73. The van der Waals surface area contributed by atoms with Crippen LogP contribution < -0.4 is 0 Å². The minimum absolute atomic E-state index is 0.263. The molecule has 0 N–H and O–H groups in total. The highest BCUT2D eigenvalue weighted by atomic mass is 79.9. The second-order valence-electron chi connectivity index (χ2n) is 6.03. The fourth-order valence-corrected chi connectivity index (χ4v) is 3.17. The summed E-state index contributed by atoms with van der Waals surface area (Å²) in [6, 6.07) is 11.7. The van der Waals surface area contributed by atoms with E-state index in [9.17, 15) is 4.39 Å². The average Bonchev–Trinajstić information content (AvgIpc) is 2.58. The van der Waals surface area contributed by atoms with Gasteiger partial charge in [-0.15, -0.1) is 0 Å². The van der Waals surface area contributed by atoms with Gasteiger partial charge in [0.2, 0.25) is 0 Å². The summed E-state index contributed by atoms with van der Waals surface area (Å²) in [4.78, 5) is 0. The SMILES string of the molecule is CCCCCCc1ccc(C#Cc2c(F)cc(Br)cc2CC)cc1. The minimum Gasteiger partial charge on any atom is -0.206 e. The molecule has 0 spiro atoms. The molecule has 0 bridgehead atoms. The summed E-state index contributed by atoms with van der Waals surface area (Å²) in [5, 5.41) is 0. The standard InChI is InChI=1S/C22H24BrF/c1-3-5-6-7-8-17-9-11-18(12-10-17)13-14-21-19(4-2)15-20(23)16-22(21)24/h9-12,15-16H,3-8H2,1-2H3. The fraction of sp³-hybridized carbons (Fsp3) is 0.364. The van der Waals surface area contributed by atoms with Gasteiger partial charge in [0.25, 0.3) is 0 Å². The van der Waals surface area contributed by atoms with Crippen LogP contribution >= 0.6 is 15.9 Å². The molecular formula is C22H24BrF. The molecule has 0 atom stereocenters. The Hall–Kier alpha value is -1.59. The van der Waals surface area contributed by atoms with Crippen molar-refractivity contribution >= 4 is 15.9 Å². The van der Waals surface area contributed by atoms with E-state index in [1.807, 2.05) is 25.1 Å². The van der Waals surface area contributed by atoms with Crippen molar-refractivity contribution in [2.24, 2.45) is 0 Å². The van der Waals surface area contributed by atoms with Gasteiger partial charge >= 0.3 is 0 Å². The maximum atomic E-state index is 14.1. The van der Waals surface area contributed by atoms with E-state index >= 15 is 0 Å². The van der Waals surface area contributed by atoms with Crippen molar-refractivity contribution in [3.05, 3.63) is 68.9 Å². The Kier molecular flexibility index (Phi) is 7.53. The summed E-state index contributed by atoms with van der Waals surface area (Å²) in [6.45, 7) is 4.24. The molecule has 2 heteroatoms. The zero-order valence-corrected chi connectivity index (χ0v) is 16.0. The van der Waals surface area contributed by atoms with Gasteiger partial charge in [-0.1, -0.05) is 73.0 Å². The van der Waals surface area contributed by atoms with Gasteiger partial charge in [0.1, 0.15) is 5.82 Å². The van der Waals surface area contributed by atoms with Crippen LogP contribution in [0.4, 0.5) is 4.39 Å². The summed E-state index contributed by atoms with van der Waals surface area (Å²) in [5.41, 5.74) is 3.71. The van der Waals surface area contributed by atoms with Crippen molar-refractivity contribution in [3.8, 4) is 11.8 Å². The largest absolute Gasteiger partial charge is 0.206 e. The number of unbranched alkanes of at least 4 members (excludes halogenated alkanes) is 3. The molecule has 0 aliphatic rings. The van der Waals surface area contributed by atoms with Gasteiger partial charge in [-0.05, 0) is 54.7 Å². The van der Waals surface area contributed by atoms with E-state index in [1.165, 1.54) is 37.3 Å². The van der Waals surface area contributed by atoms with E-state index in [-0.39, 0.29) is 5.82 Å². The van der Waals surface area contributed by atoms with E-state index in [0.717, 1.165) is 28.4 Å². The van der Waals surface area contributed by atoms with Crippen LogP contribution in [0.5, 0.6) is 0 Å². The second kappa shape index (κ2) is 9.64. The normalized spacial score (nSPS) is 10.3. The lowest BCUT2D eigenvalue weighted by atomic mass is 10.0. The molecule has 24 heavy (non-hydrogen) atoms. The topological polar surface area (TPSA) is 0 Å². The van der Waals surface area contributed by atoms with Crippen LogP contribution in [0.1, 0.15) is 61.8 Å². The Bertz CT molecular complexity index is 720. The first-order chi connectivity index (χ1) is 11.6. The monoisotopic (exact) mass is 386 g/mol. The molecule has 0 saturated carbocycles. The molecule has 0 radical (unpaired) electrons. The maximum absolute atomic E-state index is 14.1. The molecule has 2 aromatic carbocycles. The summed E-state index contributed by atoms with van der Waals surface area (Å²) >= 11 is 3.33. The first kappa shape index (κ1) is 18.7. The maximum Gasteiger partial charge on any atom is 0.140 e. The third kappa shape index (κ3) is 5.49. The average molecular weight is 387 g/mol. The predicted molar refractivity (Wildman–Crippen MR) is 104 cm³/mol. The second-order valence-corrected chi connectivity index (χ2v) is 6.95. The Balaban J connectivity index is 2.09. The Morgan fingerprint density at radius 3 is 2.38 bits per heavy atom. The number of aryl methyl sites for hydroxylation is 2. The molecule has 2 rings (SSSR count). The van der Waals surface area contributed by atoms with Crippen LogP contribution in [0.15, 0.2) is 40.9 Å². The number of hydrogen-bond acceptors (Lipinski definition) is 0. The highest BCUT2D eigenvalue weighted by Crippen LogP contribution is 2.20. The fourth-order valence-electron chi connectivity index (χ4n) is 2.69. The lowest BCUT2D eigenvalue weighted by Crippen LogP contribution is -1.93. The van der Waals surface area contributed by atoms with E-state index in [1.54, 1.807) is 0 Å². The van der Waals surface area contributed by atoms with Gasteiger partial charge in [-0.2, -0.15) is 0 Å². The van der Waals surface area contributed by atoms with Crippen molar-refractivity contribution < 1.29 is 4.39 Å². The van der Waals surface area contributed by atoms with Gasteiger partial charge in [-0.25, -0.2) is 4.39 Å². The van der Waals surface area contributed by atoms with Crippen LogP contribution in [-0.4, -0.2) is 0 Å². The van der Waals surface area contributed by atoms with Crippen molar-refractivity contribution in [1.29, 1.82) is 0 Å². The van der Waals surface area contributed by atoms with Gasteiger partial charge < -0.3 is 0 Å². The number of hydrogen-bond donors (Lipinski definition) is 0. The molecule has 126 valence electrons. The highest BCUT2D eigenvalue weighted by molar-refractivity contribution is 9.10. The number of rotatable bonds is 6. The Labute approximate surface area is 153 Å². The Morgan fingerprint density at radius 1 is 0.958 bits per heavy atom. The highest BCUT2D eigenvalue weighted by Gasteiger charge is 2.06.